The lowest BCUT2D eigenvalue weighted by atomic mass is 9.92. The third-order valence-electron chi connectivity index (χ3n) is 10.6. The monoisotopic (exact) mass is 744 g/mol. The second kappa shape index (κ2) is 12.5. The molecule has 0 saturated carbocycles. The Morgan fingerprint density at radius 3 is 2.50 bits per heavy atom. The van der Waals surface area contributed by atoms with E-state index in [-0.39, 0.29) is 41.6 Å². The minimum absolute atomic E-state index is 0.0772. The van der Waals surface area contributed by atoms with Crippen LogP contribution in [0, 0.1) is 0 Å². The van der Waals surface area contributed by atoms with Crippen LogP contribution < -0.4 is 30.7 Å². The highest BCUT2D eigenvalue weighted by Crippen LogP contribution is 2.42. The van der Waals surface area contributed by atoms with Crippen molar-refractivity contribution in [2.45, 2.75) is 56.8 Å². The number of carbonyl (C=O) groups excluding carboxylic acids is 4. The highest BCUT2D eigenvalue weighted by atomic mass is 79.9. The van der Waals surface area contributed by atoms with Crippen molar-refractivity contribution in [2.75, 3.05) is 47.9 Å². The van der Waals surface area contributed by atoms with Crippen molar-refractivity contribution < 1.29 is 23.9 Å². The summed E-state index contributed by atoms with van der Waals surface area (Å²) >= 11 is 3.44. The summed E-state index contributed by atoms with van der Waals surface area (Å²) in [6.07, 6.45) is 5.63. The van der Waals surface area contributed by atoms with E-state index in [9.17, 15) is 24.0 Å². The largest absolute Gasteiger partial charge is 0.489 e. The van der Waals surface area contributed by atoms with Gasteiger partial charge in [0.1, 0.15) is 29.9 Å². The van der Waals surface area contributed by atoms with Crippen LogP contribution in [-0.4, -0.2) is 99.9 Å². The Morgan fingerprint density at radius 1 is 0.960 bits per heavy atom. The van der Waals surface area contributed by atoms with Crippen molar-refractivity contribution in [3.8, 4) is 5.75 Å². The van der Waals surface area contributed by atoms with E-state index < -0.39 is 29.7 Å². The van der Waals surface area contributed by atoms with Crippen LogP contribution in [-0.2, 0) is 16.6 Å². The molecule has 260 valence electrons. The average Bonchev–Trinajstić information content (AvgIpc) is 3.34. The molecule has 5 aliphatic heterocycles. The number of aromatic nitrogens is 2. The van der Waals surface area contributed by atoms with Gasteiger partial charge in [-0.2, -0.15) is 0 Å². The maximum absolute atomic E-state index is 13.5. The van der Waals surface area contributed by atoms with Crippen molar-refractivity contribution in [1.29, 1.82) is 0 Å². The standard InChI is InChI=1S/C35H37BrN8O6/c1-19-16-41(9-10-42(19)22-3-5-30(37-15-22)38-26-11-20(36)17-40(2)35(26)49)21-7-8-43-23(12-21)18-50-29-14-25-24(13-28(29)43)33(47)44(34(25)48)27-4-6-31(45)39-32(27)46/h3,5,11,13-15,17,19,21,23,27H,4,6-10,12,16,18H2,1-2H3,(H,37,38)(H,39,45,46)/t19-,21-,23-,27?/m0/s1. The number of fused-ring (bicyclic) bond motifs is 4. The number of halogens is 1. The SMILES string of the molecule is C[C@H]1CN([C@H]2CCN3c4cc5c(cc4OC[C@@H]3C2)C(=O)N(C2CCC(=O)NC2=O)C5=O)CCN1c1ccc(Nc2cc(Br)cn(C)c2=O)nc1. The van der Waals surface area contributed by atoms with Gasteiger partial charge in [0, 0.05) is 62.4 Å². The molecular weight excluding hydrogens is 708 g/mol. The van der Waals surface area contributed by atoms with Gasteiger partial charge in [-0.3, -0.25) is 39.1 Å². The molecule has 5 aliphatic rings. The molecule has 3 saturated heterocycles. The number of nitrogens with zero attached hydrogens (tertiary/aromatic N) is 6. The first kappa shape index (κ1) is 32.4. The zero-order chi connectivity index (χ0) is 34.8. The fraction of sp³-hybridized carbons (Fsp3) is 0.429. The molecule has 2 aromatic heterocycles. The van der Waals surface area contributed by atoms with E-state index in [0.29, 0.717) is 29.9 Å². The lowest BCUT2D eigenvalue weighted by Crippen LogP contribution is -2.59. The van der Waals surface area contributed by atoms with Gasteiger partial charge in [0.25, 0.3) is 17.4 Å². The van der Waals surface area contributed by atoms with Crippen molar-refractivity contribution in [2.24, 2.45) is 7.05 Å². The van der Waals surface area contributed by atoms with E-state index in [0.717, 1.165) is 59.8 Å². The number of benzene rings is 1. The van der Waals surface area contributed by atoms with Gasteiger partial charge >= 0.3 is 0 Å². The zero-order valence-electron chi connectivity index (χ0n) is 27.7. The average molecular weight is 746 g/mol. The van der Waals surface area contributed by atoms with E-state index in [1.54, 1.807) is 31.4 Å². The second-order valence-corrected chi connectivity index (χ2v) is 14.6. The summed E-state index contributed by atoms with van der Waals surface area (Å²) in [4.78, 5) is 76.3. The van der Waals surface area contributed by atoms with E-state index in [1.165, 1.54) is 4.57 Å². The van der Waals surface area contributed by atoms with Crippen LogP contribution in [0.4, 0.5) is 22.9 Å². The number of rotatable bonds is 5. The number of pyridine rings is 2. The minimum atomic E-state index is -1.00. The summed E-state index contributed by atoms with van der Waals surface area (Å²) in [7, 11) is 1.71. The summed E-state index contributed by atoms with van der Waals surface area (Å²) < 4.78 is 8.52. The molecule has 1 aromatic carbocycles. The Balaban J connectivity index is 0.906. The molecule has 3 aromatic rings. The Bertz CT molecular complexity index is 1980. The fourth-order valence-electron chi connectivity index (χ4n) is 8.08. The number of carbonyl (C=O) groups is 4. The van der Waals surface area contributed by atoms with E-state index in [4.69, 9.17) is 4.74 Å². The van der Waals surface area contributed by atoms with Gasteiger partial charge in [-0.25, -0.2) is 4.98 Å². The molecule has 8 rings (SSSR count). The normalized spacial score (nSPS) is 25.1. The summed E-state index contributed by atoms with van der Waals surface area (Å²) in [5.74, 6) is -0.894. The highest BCUT2D eigenvalue weighted by molar-refractivity contribution is 9.10. The number of piperazine rings is 1. The number of hydrogen-bond acceptors (Lipinski definition) is 11. The molecule has 0 aliphatic carbocycles. The topological polar surface area (TPSA) is 149 Å². The van der Waals surface area contributed by atoms with Gasteiger partial charge in [0.05, 0.1) is 34.7 Å². The van der Waals surface area contributed by atoms with Crippen LogP contribution in [0.3, 0.4) is 0 Å². The molecule has 3 fully saturated rings. The Hall–Kier alpha value is -4.76. The minimum Gasteiger partial charge on any atom is -0.489 e. The third-order valence-corrected chi connectivity index (χ3v) is 11.0. The van der Waals surface area contributed by atoms with Gasteiger partial charge in [0.2, 0.25) is 11.8 Å². The number of ether oxygens (including phenoxy) is 1. The first-order valence-corrected chi connectivity index (χ1v) is 17.7. The molecule has 0 spiro atoms. The number of imide groups is 2. The molecule has 14 nitrogen and oxygen atoms in total. The van der Waals surface area contributed by atoms with Gasteiger partial charge in [-0.1, -0.05) is 0 Å². The van der Waals surface area contributed by atoms with Crippen molar-refractivity contribution in [3.05, 3.63) is 68.7 Å². The number of piperidine rings is 2. The van der Waals surface area contributed by atoms with E-state index in [2.05, 4.69) is 53.2 Å². The first-order valence-electron chi connectivity index (χ1n) is 16.9. The van der Waals surface area contributed by atoms with Gasteiger partial charge < -0.3 is 24.4 Å². The van der Waals surface area contributed by atoms with Gasteiger partial charge in [0.15, 0.2) is 0 Å². The molecule has 4 amide bonds. The van der Waals surface area contributed by atoms with Crippen molar-refractivity contribution >= 4 is 62.4 Å². The number of amides is 4. The summed E-state index contributed by atoms with van der Waals surface area (Å²) in [5, 5.41) is 5.38. The summed E-state index contributed by atoms with van der Waals surface area (Å²) in [6.45, 7) is 6.18. The molecule has 15 heteroatoms. The van der Waals surface area contributed by atoms with Crippen molar-refractivity contribution in [3.63, 3.8) is 0 Å². The Labute approximate surface area is 296 Å². The zero-order valence-corrected chi connectivity index (χ0v) is 29.3. The molecule has 2 N–H and O–H groups in total. The van der Waals surface area contributed by atoms with Crippen LogP contribution in [0.15, 0.2) is 52.0 Å². The maximum Gasteiger partial charge on any atom is 0.274 e. The van der Waals surface area contributed by atoms with Gasteiger partial charge in [-0.15, -0.1) is 0 Å². The molecular formula is C35H37BrN8O6. The van der Waals surface area contributed by atoms with Crippen LogP contribution in [0.2, 0.25) is 0 Å². The fourth-order valence-corrected chi connectivity index (χ4v) is 8.61. The Morgan fingerprint density at radius 2 is 1.76 bits per heavy atom. The van der Waals surface area contributed by atoms with Crippen LogP contribution in [0.1, 0.15) is 53.3 Å². The van der Waals surface area contributed by atoms with Crippen LogP contribution >= 0.6 is 15.9 Å². The van der Waals surface area contributed by atoms with Crippen LogP contribution in [0.5, 0.6) is 5.75 Å². The molecule has 7 heterocycles. The van der Waals surface area contributed by atoms with E-state index in [1.807, 2.05) is 18.3 Å². The van der Waals surface area contributed by atoms with Gasteiger partial charge in [-0.05, 0) is 72.4 Å². The lowest BCUT2D eigenvalue weighted by Gasteiger charge is -2.50. The molecule has 50 heavy (non-hydrogen) atoms. The quantitative estimate of drug-likeness (QED) is 0.372. The number of hydrogen-bond donors (Lipinski definition) is 2. The number of aryl methyl sites for hydroxylation is 1. The molecule has 4 atom stereocenters. The van der Waals surface area contributed by atoms with Crippen molar-refractivity contribution in [1.82, 2.24) is 24.7 Å². The lowest BCUT2D eigenvalue weighted by molar-refractivity contribution is -0.136. The highest BCUT2D eigenvalue weighted by Gasteiger charge is 2.46. The van der Waals surface area contributed by atoms with E-state index >= 15 is 0 Å². The first-order chi connectivity index (χ1) is 24.0. The predicted molar refractivity (Wildman–Crippen MR) is 188 cm³/mol. The molecule has 0 radical (unpaired) electrons. The Kier molecular flexibility index (Phi) is 8.13. The summed E-state index contributed by atoms with van der Waals surface area (Å²) in [5.41, 5.74) is 2.65. The smallest absolute Gasteiger partial charge is 0.274 e. The number of anilines is 4. The van der Waals surface area contributed by atoms with Crippen LogP contribution in [0.25, 0.3) is 0 Å². The molecule has 0 bridgehead atoms. The second-order valence-electron chi connectivity index (χ2n) is 13.7. The third kappa shape index (κ3) is 5.61. The summed E-state index contributed by atoms with van der Waals surface area (Å²) in [6, 6.07) is 8.83. The maximum atomic E-state index is 13.5. The molecule has 1 unspecified atom stereocenters. The predicted octanol–water partition coefficient (Wildman–Crippen LogP) is 2.63. The number of nitrogens with one attached hydrogen (secondary N) is 2.